The topological polar surface area (TPSA) is 0 Å². The zero-order valence-corrected chi connectivity index (χ0v) is 11.2. The molecule has 19 heavy (non-hydrogen) atoms. The molecule has 0 atom stereocenters. The second-order valence-electron chi connectivity index (χ2n) is 4.17. The standard InChI is InChI=1S/C18H12S/c1-2-6-16(7-3-1)18-9-5-4-8-17(18)11-10-15-12-13-19-14-15/h1-9,12-14H. The zero-order valence-electron chi connectivity index (χ0n) is 10.3. The largest absolute Gasteiger partial charge is 0.151 e. The van der Waals surface area contributed by atoms with Gasteiger partial charge in [0.05, 0.1) is 0 Å². The maximum absolute atomic E-state index is 3.27. The van der Waals surface area contributed by atoms with Crippen LogP contribution in [0.15, 0.2) is 71.4 Å². The van der Waals surface area contributed by atoms with Crippen molar-refractivity contribution >= 4 is 11.3 Å². The van der Waals surface area contributed by atoms with Crippen molar-refractivity contribution in [3.05, 3.63) is 82.6 Å². The van der Waals surface area contributed by atoms with Crippen molar-refractivity contribution in [1.29, 1.82) is 0 Å². The van der Waals surface area contributed by atoms with E-state index in [1.54, 1.807) is 11.3 Å². The molecule has 1 heterocycles. The van der Waals surface area contributed by atoms with Crippen LogP contribution >= 0.6 is 11.3 Å². The van der Waals surface area contributed by atoms with E-state index in [9.17, 15) is 0 Å². The van der Waals surface area contributed by atoms with Gasteiger partial charge in [0.15, 0.2) is 0 Å². The molecular weight excluding hydrogens is 248 g/mol. The first kappa shape index (κ1) is 11.8. The van der Waals surface area contributed by atoms with Crippen LogP contribution in [0, 0.1) is 11.8 Å². The average molecular weight is 260 g/mol. The molecule has 0 aliphatic carbocycles. The van der Waals surface area contributed by atoms with Gasteiger partial charge in [-0.3, -0.25) is 0 Å². The van der Waals surface area contributed by atoms with Gasteiger partial charge in [-0.25, -0.2) is 0 Å². The van der Waals surface area contributed by atoms with Crippen molar-refractivity contribution in [2.24, 2.45) is 0 Å². The van der Waals surface area contributed by atoms with Crippen LogP contribution < -0.4 is 0 Å². The Labute approximate surface area is 117 Å². The number of thiophene rings is 1. The minimum absolute atomic E-state index is 1.07. The Hall–Kier alpha value is -2.30. The molecule has 0 radical (unpaired) electrons. The van der Waals surface area contributed by atoms with Crippen LogP contribution in [0.1, 0.15) is 11.1 Å². The Bertz CT molecular complexity index is 713. The normalized spacial score (nSPS) is 9.68. The van der Waals surface area contributed by atoms with E-state index >= 15 is 0 Å². The molecule has 0 fully saturated rings. The smallest absolute Gasteiger partial charge is 0.0356 e. The third-order valence-electron chi connectivity index (χ3n) is 2.87. The summed E-state index contributed by atoms with van der Waals surface area (Å²) >= 11 is 1.67. The van der Waals surface area contributed by atoms with Crippen LogP contribution in [0.5, 0.6) is 0 Å². The van der Waals surface area contributed by atoms with E-state index in [1.807, 2.05) is 23.6 Å². The van der Waals surface area contributed by atoms with Gasteiger partial charge in [0.25, 0.3) is 0 Å². The Morgan fingerprint density at radius 3 is 2.32 bits per heavy atom. The van der Waals surface area contributed by atoms with Gasteiger partial charge in [-0.1, -0.05) is 60.4 Å². The molecule has 0 nitrogen and oxygen atoms in total. The van der Waals surface area contributed by atoms with Gasteiger partial charge in [0, 0.05) is 16.5 Å². The summed E-state index contributed by atoms with van der Waals surface area (Å²) in [6, 6.07) is 20.7. The second kappa shape index (κ2) is 5.56. The summed E-state index contributed by atoms with van der Waals surface area (Å²) in [6.45, 7) is 0. The van der Waals surface area contributed by atoms with Crippen LogP contribution in [-0.4, -0.2) is 0 Å². The molecule has 0 saturated heterocycles. The molecular formula is C18H12S. The monoisotopic (exact) mass is 260 g/mol. The first-order valence-electron chi connectivity index (χ1n) is 6.12. The highest BCUT2D eigenvalue weighted by atomic mass is 32.1. The molecule has 0 spiro atoms. The Balaban J connectivity index is 2.03. The summed E-state index contributed by atoms with van der Waals surface area (Å²) in [6.07, 6.45) is 0. The zero-order chi connectivity index (χ0) is 12.9. The lowest BCUT2D eigenvalue weighted by Crippen LogP contribution is -1.83. The van der Waals surface area contributed by atoms with Crippen molar-refractivity contribution in [1.82, 2.24) is 0 Å². The van der Waals surface area contributed by atoms with Crippen LogP contribution in [-0.2, 0) is 0 Å². The first-order chi connectivity index (χ1) is 9.43. The number of hydrogen-bond acceptors (Lipinski definition) is 1. The molecule has 90 valence electrons. The number of rotatable bonds is 1. The van der Waals surface area contributed by atoms with Gasteiger partial charge >= 0.3 is 0 Å². The summed E-state index contributed by atoms with van der Waals surface area (Å²) in [4.78, 5) is 0. The van der Waals surface area contributed by atoms with E-state index in [-0.39, 0.29) is 0 Å². The van der Waals surface area contributed by atoms with E-state index in [0.717, 1.165) is 11.1 Å². The minimum atomic E-state index is 1.07. The fraction of sp³-hybridized carbons (Fsp3) is 0. The lowest BCUT2D eigenvalue weighted by atomic mass is 10.00. The molecule has 0 unspecified atom stereocenters. The molecule has 3 aromatic rings. The molecule has 0 amide bonds. The van der Waals surface area contributed by atoms with E-state index in [2.05, 4.69) is 59.7 Å². The van der Waals surface area contributed by atoms with E-state index in [1.165, 1.54) is 11.1 Å². The molecule has 1 aromatic heterocycles. The molecule has 2 aromatic carbocycles. The summed E-state index contributed by atoms with van der Waals surface area (Å²) in [5.74, 6) is 6.48. The van der Waals surface area contributed by atoms with Gasteiger partial charge < -0.3 is 0 Å². The predicted octanol–water partition coefficient (Wildman–Crippen LogP) is 4.81. The minimum Gasteiger partial charge on any atom is -0.151 e. The summed E-state index contributed by atoms with van der Waals surface area (Å²) < 4.78 is 0. The van der Waals surface area contributed by atoms with Crippen molar-refractivity contribution in [2.45, 2.75) is 0 Å². The van der Waals surface area contributed by atoms with Gasteiger partial charge in [0.2, 0.25) is 0 Å². The van der Waals surface area contributed by atoms with Gasteiger partial charge in [-0.05, 0) is 28.6 Å². The maximum Gasteiger partial charge on any atom is 0.0356 e. The van der Waals surface area contributed by atoms with Crippen molar-refractivity contribution in [3.8, 4) is 23.0 Å². The highest BCUT2D eigenvalue weighted by Gasteiger charge is 2.01. The van der Waals surface area contributed by atoms with E-state index in [4.69, 9.17) is 0 Å². The van der Waals surface area contributed by atoms with E-state index in [0.29, 0.717) is 0 Å². The summed E-state index contributed by atoms with van der Waals surface area (Å²) in [5, 5.41) is 4.12. The number of benzene rings is 2. The second-order valence-corrected chi connectivity index (χ2v) is 4.95. The molecule has 0 N–H and O–H groups in total. The van der Waals surface area contributed by atoms with Crippen LogP contribution in [0.2, 0.25) is 0 Å². The number of hydrogen-bond donors (Lipinski definition) is 0. The Morgan fingerprint density at radius 2 is 1.53 bits per heavy atom. The van der Waals surface area contributed by atoms with Gasteiger partial charge in [-0.2, -0.15) is 11.3 Å². The maximum atomic E-state index is 3.27. The molecule has 0 saturated carbocycles. The SMILES string of the molecule is C(#Cc1ccccc1-c1ccccc1)c1ccsc1. The molecule has 3 rings (SSSR count). The third kappa shape index (κ3) is 2.76. The van der Waals surface area contributed by atoms with Gasteiger partial charge in [-0.15, -0.1) is 0 Å². The fourth-order valence-corrected chi connectivity index (χ4v) is 2.52. The van der Waals surface area contributed by atoms with Gasteiger partial charge in [0.1, 0.15) is 0 Å². The quantitative estimate of drug-likeness (QED) is 0.550. The molecule has 1 heteroatoms. The van der Waals surface area contributed by atoms with Crippen LogP contribution in [0.3, 0.4) is 0 Å². The van der Waals surface area contributed by atoms with Crippen LogP contribution in [0.25, 0.3) is 11.1 Å². The van der Waals surface area contributed by atoms with E-state index < -0.39 is 0 Å². The van der Waals surface area contributed by atoms with Crippen molar-refractivity contribution < 1.29 is 0 Å². The lowest BCUT2D eigenvalue weighted by molar-refractivity contribution is 1.58. The Kier molecular flexibility index (Phi) is 3.45. The molecule has 0 bridgehead atoms. The Morgan fingerprint density at radius 1 is 0.737 bits per heavy atom. The summed E-state index contributed by atoms with van der Waals surface area (Å²) in [7, 11) is 0. The van der Waals surface area contributed by atoms with Crippen molar-refractivity contribution in [2.75, 3.05) is 0 Å². The fourth-order valence-electron chi connectivity index (χ4n) is 1.94. The summed E-state index contributed by atoms with van der Waals surface area (Å²) in [5.41, 5.74) is 4.54. The third-order valence-corrected chi connectivity index (χ3v) is 3.56. The first-order valence-corrected chi connectivity index (χ1v) is 7.06. The van der Waals surface area contributed by atoms with Crippen LogP contribution in [0.4, 0.5) is 0 Å². The highest BCUT2D eigenvalue weighted by Crippen LogP contribution is 2.22. The van der Waals surface area contributed by atoms with Crippen molar-refractivity contribution in [3.63, 3.8) is 0 Å². The lowest BCUT2D eigenvalue weighted by Gasteiger charge is -2.03. The highest BCUT2D eigenvalue weighted by molar-refractivity contribution is 7.08. The molecule has 0 aliphatic heterocycles. The molecule has 0 aliphatic rings. The average Bonchev–Trinajstić information content (AvgIpc) is 3.00. The predicted molar refractivity (Wildman–Crippen MR) is 82.2 cm³/mol.